The van der Waals surface area contributed by atoms with Crippen molar-refractivity contribution < 1.29 is 14.6 Å². The Kier molecular flexibility index (Phi) is 9.21. The van der Waals surface area contributed by atoms with Gasteiger partial charge in [-0.25, -0.2) is 0 Å². The lowest BCUT2D eigenvalue weighted by Crippen LogP contribution is -2.33. The Bertz CT molecular complexity index is 415. The number of unbranched alkanes of at least 4 members (excludes halogenated alkanes) is 1. The summed E-state index contributed by atoms with van der Waals surface area (Å²) in [6.07, 6.45) is 1.65. The standard InChI is InChI=1S/C16H24N2O3/c1-2-3-9-20-10-8-18-12-15(19)13-21-16-6-4-14(11-17)5-7-16/h4-7,15,18-19H,2-3,8-10,12-13H2,1H3. The molecule has 0 saturated carbocycles. The maximum atomic E-state index is 9.77. The topological polar surface area (TPSA) is 74.5 Å². The molecule has 0 amide bonds. The van der Waals surface area contributed by atoms with E-state index in [9.17, 15) is 5.11 Å². The third kappa shape index (κ3) is 8.30. The Morgan fingerprint density at radius 2 is 2.05 bits per heavy atom. The molecule has 0 radical (unpaired) electrons. The summed E-state index contributed by atoms with van der Waals surface area (Å²) in [5.74, 6) is 0.649. The molecule has 0 aliphatic carbocycles. The number of nitriles is 1. The summed E-state index contributed by atoms with van der Waals surface area (Å²) in [5, 5.41) is 21.6. The van der Waals surface area contributed by atoms with Crippen LogP contribution in [0.4, 0.5) is 0 Å². The van der Waals surface area contributed by atoms with E-state index in [0.29, 0.717) is 24.5 Å². The van der Waals surface area contributed by atoms with E-state index < -0.39 is 6.10 Å². The normalized spacial score (nSPS) is 11.9. The van der Waals surface area contributed by atoms with Crippen LogP contribution in [0.5, 0.6) is 5.75 Å². The Morgan fingerprint density at radius 3 is 2.71 bits per heavy atom. The monoisotopic (exact) mass is 292 g/mol. The molecule has 2 N–H and O–H groups in total. The number of ether oxygens (including phenoxy) is 2. The molecule has 21 heavy (non-hydrogen) atoms. The van der Waals surface area contributed by atoms with Crippen molar-refractivity contribution >= 4 is 0 Å². The van der Waals surface area contributed by atoms with Gasteiger partial charge in [0.15, 0.2) is 0 Å². The van der Waals surface area contributed by atoms with E-state index in [2.05, 4.69) is 12.2 Å². The molecule has 0 heterocycles. The number of nitrogens with zero attached hydrogens (tertiary/aromatic N) is 1. The molecule has 116 valence electrons. The molecule has 5 nitrogen and oxygen atoms in total. The fraction of sp³-hybridized carbons (Fsp3) is 0.562. The van der Waals surface area contributed by atoms with Crippen LogP contribution in [0.2, 0.25) is 0 Å². The maximum absolute atomic E-state index is 9.77. The summed E-state index contributed by atoms with van der Waals surface area (Å²) in [7, 11) is 0. The highest BCUT2D eigenvalue weighted by molar-refractivity contribution is 5.34. The van der Waals surface area contributed by atoms with Gasteiger partial charge >= 0.3 is 0 Å². The fourth-order valence-corrected chi connectivity index (χ4v) is 1.64. The van der Waals surface area contributed by atoms with Crippen molar-refractivity contribution in [2.75, 3.05) is 32.9 Å². The van der Waals surface area contributed by atoms with E-state index in [0.717, 1.165) is 26.0 Å². The molecule has 5 heteroatoms. The molecule has 1 aromatic rings. The van der Waals surface area contributed by atoms with Crippen LogP contribution in [0.15, 0.2) is 24.3 Å². The minimum absolute atomic E-state index is 0.218. The van der Waals surface area contributed by atoms with Crippen LogP contribution in [0.25, 0.3) is 0 Å². The molecule has 1 rings (SSSR count). The van der Waals surface area contributed by atoms with Gasteiger partial charge in [0, 0.05) is 19.7 Å². The zero-order valence-corrected chi connectivity index (χ0v) is 12.5. The quantitative estimate of drug-likeness (QED) is 0.607. The van der Waals surface area contributed by atoms with Gasteiger partial charge in [0.1, 0.15) is 18.5 Å². The van der Waals surface area contributed by atoms with Crippen molar-refractivity contribution in [2.45, 2.75) is 25.9 Å². The fourth-order valence-electron chi connectivity index (χ4n) is 1.64. The van der Waals surface area contributed by atoms with Gasteiger partial charge in [-0.2, -0.15) is 5.26 Å². The molecule has 1 aromatic carbocycles. The van der Waals surface area contributed by atoms with Crippen LogP contribution in [0.1, 0.15) is 25.3 Å². The minimum atomic E-state index is -0.573. The van der Waals surface area contributed by atoms with Gasteiger partial charge in [-0.15, -0.1) is 0 Å². The van der Waals surface area contributed by atoms with E-state index in [4.69, 9.17) is 14.7 Å². The molecule has 0 aliphatic rings. The number of rotatable bonds is 11. The summed E-state index contributed by atoms with van der Waals surface area (Å²) in [4.78, 5) is 0. The van der Waals surface area contributed by atoms with Crippen LogP contribution in [0.3, 0.4) is 0 Å². The molecule has 1 unspecified atom stereocenters. The number of aliphatic hydroxyl groups is 1. The Balaban J connectivity index is 2.05. The zero-order chi connectivity index (χ0) is 15.3. The summed E-state index contributed by atoms with van der Waals surface area (Å²) >= 11 is 0. The summed E-state index contributed by atoms with van der Waals surface area (Å²) in [6.45, 7) is 4.98. The lowest BCUT2D eigenvalue weighted by Gasteiger charge is -2.13. The van der Waals surface area contributed by atoms with Gasteiger partial charge in [-0.3, -0.25) is 0 Å². The highest BCUT2D eigenvalue weighted by Gasteiger charge is 2.04. The summed E-state index contributed by atoms with van der Waals surface area (Å²) in [5.41, 5.74) is 0.590. The molecule has 0 bridgehead atoms. The van der Waals surface area contributed by atoms with E-state index in [-0.39, 0.29) is 6.61 Å². The Hall–Kier alpha value is -1.61. The molecule has 1 atom stereocenters. The zero-order valence-electron chi connectivity index (χ0n) is 12.5. The van der Waals surface area contributed by atoms with Gasteiger partial charge in [0.25, 0.3) is 0 Å². The van der Waals surface area contributed by atoms with Crippen molar-refractivity contribution in [2.24, 2.45) is 0 Å². The SMILES string of the molecule is CCCCOCCNCC(O)COc1ccc(C#N)cc1. The number of nitrogens with one attached hydrogen (secondary N) is 1. The first-order valence-electron chi connectivity index (χ1n) is 7.35. The van der Waals surface area contributed by atoms with Gasteiger partial charge in [0.05, 0.1) is 18.2 Å². The van der Waals surface area contributed by atoms with Crippen molar-refractivity contribution in [1.82, 2.24) is 5.32 Å². The second-order valence-corrected chi connectivity index (χ2v) is 4.77. The van der Waals surface area contributed by atoms with E-state index in [1.165, 1.54) is 0 Å². The average molecular weight is 292 g/mol. The van der Waals surface area contributed by atoms with Gasteiger partial charge in [0.2, 0.25) is 0 Å². The van der Waals surface area contributed by atoms with Gasteiger partial charge < -0.3 is 19.9 Å². The van der Waals surface area contributed by atoms with E-state index >= 15 is 0 Å². The molecular formula is C16H24N2O3. The first-order valence-corrected chi connectivity index (χ1v) is 7.35. The van der Waals surface area contributed by atoms with Crippen molar-refractivity contribution in [3.63, 3.8) is 0 Å². The summed E-state index contributed by atoms with van der Waals surface area (Å²) in [6, 6.07) is 8.87. The van der Waals surface area contributed by atoms with Gasteiger partial charge in [-0.1, -0.05) is 13.3 Å². The maximum Gasteiger partial charge on any atom is 0.119 e. The van der Waals surface area contributed by atoms with Crippen molar-refractivity contribution in [3.05, 3.63) is 29.8 Å². The van der Waals surface area contributed by atoms with Crippen molar-refractivity contribution in [3.8, 4) is 11.8 Å². The number of aliphatic hydroxyl groups excluding tert-OH is 1. The number of hydrogen-bond donors (Lipinski definition) is 2. The lowest BCUT2D eigenvalue weighted by atomic mass is 10.2. The number of hydrogen-bond acceptors (Lipinski definition) is 5. The molecule has 0 spiro atoms. The predicted octanol–water partition coefficient (Wildman–Crippen LogP) is 1.70. The van der Waals surface area contributed by atoms with Crippen LogP contribution in [0, 0.1) is 11.3 Å². The second-order valence-electron chi connectivity index (χ2n) is 4.77. The molecule has 0 aliphatic heterocycles. The van der Waals surface area contributed by atoms with Crippen LogP contribution in [-0.4, -0.2) is 44.1 Å². The Labute approximate surface area is 126 Å². The highest BCUT2D eigenvalue weighted by Crippen LogP contribution is 2.11. The lowest BCUT2D eigenvalue weighted by molar-refractivity contribution is 0.0982. The largest absolute Gasteiger partial charge is 0.491 e. The Morgan fingerprint density at radius 1 is 1.29 bits per heavy atom. The second kappa shape index (κ2) is 11.1. The molecular weight excluding hydrogens is 268 g/mol. The van der Waals surface area contributed by atoms with Crippen LogP contribution < -0.4 is 10.1 Å². The minimum Gasteiger partial charge on any atom is -0.491 e. The summed E-state index contributed by atoms with van der Waals surface area (Å²) < 4.78 is 10.9. The highest BCUT2D eigenvalue weighted by atomic mass is 16.5. The molecule has 0 fully saturated rings. The van der Waals surface area contributed by atoms with Crippen molar-refractivity contribution in [1.29, 1.82) is 5.26 Å². The van der Waals surface area contributed by atoms with Crippen LogP contribution in [-0.2, 0) is 4.74 Å². The molecule has 0 aromatic heterocycles. The first-order chi connectivity index (χ1) is 10.3. The predicted molar refractivity (Wildman–Crippen MR) is 81.3 cm³/mol. The smallest absolute Gasteiger partial charge is 0.119 e. The van der Waals surface area contributed by atoms with E-state index in [1.807, 2.05) is 6.07 Å². The third-order valence-electron chi connectivity index (χ3n) is 2.87. The van der Waals surface area contributed by atoms with Gasteiger partial charge in [-0.05, 0) is 30.7 Å². The van der Waals surface area contributed by atoms with Crippen LogP contribution >= 0.6 is 0 Å². The third-order valence-corrected chi connectivity index (χ3v) is 2.87. The average Bonchev–Trinajstić information content (AvgIpc) is 2.52. The number of benzene rings is 1. The molecule has 0 saturated heterocycles. The van der Waals surface area contributed by atoms with E-state index in [1.54, 1.807) is 24.3 Å². The first kappa shape index (κ1) is 17.4.